The molecule has 0 radical (unpaired) electrons. The summed E-state index contributed by atoms with van der Waals surface area (Å²) in [7, 11) is 1.15. The van der Waals surface area contributed by atoms with Crippen molar-refractivity contribution < 1.29 is 31.4 Å². The van der Waals surface area contributed by atoms with Gasteiger partial charge in [-0.05, 0) is 6.92 Å². The molecule has 1 heterocycles. The maximum atomic E-state index is 12.4. The smallest absolute Gasteiger partial charge is 0.496 e. The second kappa shape index (κ2) is 4.72. The molecule has 1 aromatic rings. The Bertz CT molecular complexity index is 405. The van der Waals surface area contributed by atoms with Gasteiger partial charge in [0.15, 0.2) is 0 Å². The van der Waals surface area contributed by atoms with Gasteiger partial charge in [0.05, 0.1) is 12.7 Å². The third-order valence-corrected chi connectivity index (χ3v) is 1.86. The molecule has 1 rings (SSSR count). The van der Waals surface area contributed by atoms with E-state index in [0.717, 1.165) is 13.2 Å². The molecule has 0 unspecified atom stereocenters. The molecule has 0 amide bonds. The summed E-state index contributed by atoms with van der Waals surface area (Å²) in [6, 6.07) is 0.864. The molecule has 0 spiro atoms. The Labute approximate surface area is 93.2 Å². The van der Waals surface area contributed by atoms with Crippen molar-refractivity contribution in [2.24, 2.45) is 0 Å². The van der Waals surface area contributed by atoms with E-state index >= 15 is 0 Å². The second-order valence-electron chi connectivity index (χ2n) is 3.03. The fourth-order valence-electron chi connectivity index (χ4n) is 1.11. The molecule has 0 aliphatic rings. The van der Waals surface area contributed by atoms with Crippen molar-refractivity contribution in [3.8, 4) is 11.6 Å². The molecule has 96 valence electrons. The van der Waals surface area contributed by atoms with Gasteiger partial charge in [0.2, 0.25) is 5.88 Å². The SMILES string of the molecule is COc1cc(C(F)F)nc(OC(F)(F)F)c1C. The Hall–Kier alpha value is -1.60. The maximum Gasteiger partial charge on any atom is 0.574 e. The first kappa shape index (κ1) is 13.5. The summed E-state index contributed by atoms with van der Waals surface area (Å²) in [4.78, 5) is 3.09. The molecule has 0 saturated heterocycles. The average Bonchev–Trinajstić information content (AvgIpc) is 2.18. The summed E-state index contributed by atoms with van der Waals surface area (Å²) in [5, 5.41) is 0. The minimum Gasteiger partial charge on any atom is -0.496 e. The van der Waals surface area contributed by atoms with Crippen LogP contribution >= 0.6 is 0 Å². The van der Waals surface area contributed by atoms with E-state index in [-0.39, 0.29) is 11.3 Å². The largest absolute Gasteiger partial charge is 0.574 e. The van der Waals surface area contributed by atoms with Crippen LogP contribution in [-0.2, 0) is 0 Å². The molecule has 3 nitrogen and oxygen atoms in total. The monoisotopic (exact) mass is 257 g/mol. The van der Waals surface area contributed by atoms with Crippen molar-refractivity contribution in [3.63, 3.8) is 0 Å². The third-order valence-electron chi connectivity index (χ3n) is 1.86. The van der Waals surface area contributed by atoms with Crippen molar-refractivity contribution in [1.82, 2.24) is 4.98 Å². The van der Waals surface area contributed by atoms with Gasteiger partial charge in [0, 0.05) is 6.07 Å². The average molecular weight is 257 g/mol. The Morgan fingerprint density at radius 3 is 2.29 bits per heavy atom. The van der Waals surface area contributed by atoms with Crippen molar-refractivity contribution >= 4 is 0 Å². The van der Waals surface area contributed by atoms with Crippen molar-refractivity contribution in [3.05, 3.63) is 17.3 Å². The van der Waals surface area contributed by atoms with E-state index in [2.05, 4.69) is 14.5 Å². The van der Waals surface area contributed by atoms with E-state index in [9.17, 15) is 22.0 Å². The summed E-state index contributed by atoms with van der Waals surface area (Å²) in [5.41, 5.74) is -0.944. The predicted octanol–water partition coefficient (Wildman–Crippen LogP) is 3.23. The number of nitrogens with zero attached hydrogens (tertiary/aromatic N) is 1. The topological polar surface area (TPSA) is 31.4 Å². The van der Waals surface area contributed by atoms with Gasteiger partial charge < -0.3 is 9.47 Å². The number of halogens is 5. The number of alkyl halides is 5. The predicted molar refractivity (Wildman–Crippen MR) is 47.2 cm³/mol. The lowest BCUT2D eigenvalue weighted by Gasteiger charge is -2.14. The Balaban J connectivity index is 3.23. The van der Waals surface area contributed by atoms with Crippen LogP contribution in [0, 0.1) is 6.92 Å². The van der Waals surface area contributed by atoms with Gasteiger partial charge in [0.25, 0.3) is 6.43 Å². The first-order chi connectivity index (χ1) is 7.74. The summed E-state index contributed by atoms with van der Waals surface area (Å²) in [5.74, 6) is -1.08. The van der Waals surface area contributed by atoms with Gasteiger partial charge in [-0.3, -0.25) is 0 Å². The number of hydrogen-bond acceptors (Lipinski definition) is 3. The van der Waals surface area contributed by atoms with Crippen LogP contribution in [0.15, 0.2) is 6.07 Å². The van der Waals surface area contributed by atoms with Crippen LogP contribution in [0.1, 0.15) is 17.7 Å². The molecule has 8 heteroatoms. The second-order valence-corrected chi connectivity index (χ2v) is 3.03. The lowest BCUT2D eigenvalue weighted by molar-refractivity contribution is -0.276. The summed E-state index contributed by atoms with van der Waals surface area (Å²) < 4.78 is 69.0. The zero-order valence-corrected chi connectivity index (χ0v) is 8.81. The zero-order chi connectivity index (χ0) is 13.2. The molecular formula is C9H8F5NO2. The molecule has 17 heavy (non-hydrogen) atoms. The van der Waals surface area contributed by atoms with Crippen molar-refractivity contribution in [2.45, 2.75) is 19.7 Å². The number of hydrogen-bond donors (Lipinski definition) is 0. The van der Waals surface area contributed by atoms with E-state index in [1.165, 1.54) is 6.92 Å². The number of methoxy groups -OCH3 is 1. The lowest BCUT2D eigenvalue weighted by Crippen LogP contribution is -2.19. The van der Waals surface area contributed by atoms with Crippen molar-refractivity contribution in [2.75, 3.05) is 7.11 Å². The number of ether oxygens (including phenoxy) is 2. The van der Waals surface area contributed by atoms with Crippen LogP contribution in [0.5, 0.6) is 11.6 Å². The molecule has 0 aliphatic heterocycles. The highest BCUT2D eigenvalue weighted by atomic mass is 19.4. The number of rotatable bonds is 3. The Morgan fingerprint density at radius 2 is 1.88 bits per heavy atom. The lowest BCUT2D eigenvalue weighted by atomic mass is 10.2. The Kier molecular flexibility index (Phi) is 3.74. The standard InChI is InChI=1S/C9H8F5NO2/c1-4-6(16-2)3-5(7(10)11)15-8(4)17-9(12,13)14/h3,7H,1-2H3. The molecule has 0 bridgehead atoms. The minimum absolute atomic E-state index is 0.103. The molecule has 0 aromatic carbocycles. The summed E-state index contributed by atoms with van der Waals surface area (Å²) >= 11 is 0. The van der Waals surface area contributed by atoms with E-state index in [1.807, 2.05) is 0 Å². The fourth-order valence-corrected chi connectivity index (χ4v) is 1.11. The van der Waals surface area contributed by atoms with Crippen LogP contribution in [0.3, 0.4) is 0 Å². The quantitative estimate of drug-likeness (QED) is 0.779. The summed E-state index contributed by atoms with van der Waals surface area (Å²) in [6.45, 7) is 1.22. The molecular weight excluding hydrogens is 249 g/mol. The highest BCUT2D eigenvalue weighted by Crippen LogP contribution is 2.33. The molecule has 0 atom stereocenters. The van der Waals surface area contributed by atoms with E-state index in [0.29, 0.717) is 0 Å². The minimum atomic E-state index is -5.00. The van der Waals surface area contributed by atoms with Crippen LogP contribution in [0.4, 0.5) is 22.0 Å². The Morgan fingerprint density at radius 1 is 1.29 bits per heavy atom. The zero-order valence-electron chi connectivity index (χ0n) is 8.81. The highest BCUT2D eigenvalue weighted by Gasteiger charge is 2.33. The molecule has 0 fully saturated rings. The summed E-state index contributed by atoms with van der Waals surface area (Å²) in [6.07, 6.45) is -8.01. The third kappa shape index (κ3) is 3.43. The van der Waals surface area contributed by atoms with Crippen molar-refractivity contribution in [1.29, 1.82) is 0 Å². The first-order valence-corrected chi connectivity index (χ1v) is 4.34. The van der Waals surface area contributed by atoms with Gasteiger partial charge in [-0.1, -0.05) is 0 Å². The number of pyridine rings is 1. The normalized spacial score (nSPS) is 11.8. The fraction of sp³-hybridized carbons (Fsp3) is 0.444. The van der Waals surface area contributed by atoms with Gasteiger partial charge in [0.1, 0.15) is 11.4 Å². The molecule has 1 aromatic heterocycles. The van der Waals surface area contributed by atoms with E-state index in [1.54, 1.807) is 0 Å². The van der Waals surface area contributed by atoms with Gasteiger partial charge >= 0.3 is 6.36 Å². The van der Waals surface area contributed by atoms with Crippen LogP contribution in [0.25, 0.3) is 0 Å². The van der Waals surface area contributed by atoms with Gasteiger partial charge in [-0.2, -0.15) is 0 Å². The van der Waals surface area contributed by atoms with Gasteiger partial charge in [-0.15, -0.1) is 13.2 Å². The van der Waals surface area contributed by atoms with Crippen LogP contribution in [0.2, 0.25) is 0 Å². The molecule has 0 saturated carbocycles. The highest BCUT2D eigenvalue weighted by molar-refractivity contribution is 5.41. The van der Waals surface area contributed by atoms with Gasteiger partial charge in [-0.25, -0.2) is 13.8 Å². The molecule has 0 aliphatic carbocycles. The van der Waals surface area contributed by atoms with E-state index in [4.69, 9.17) is 0 Å². The maximum absolute atomic E-state index is 12.4. The van der Waals surface area contributed by atoms with E-state index < -0.39 is 24.4 Å². The number of aromatic nitrogens is 1. The van der Waals surface area contributed by atoms with Crippen LogP contribution < -0.4 is 9.47 Å². The van der Waals surface area contributed by atoms with Crippen LogP contribution in [-0.4, -0.2) is 18.5 Å². The first-order valence-electron chi connectivity index (χ1n) is 4.34. The molecule has 0 N–H and O–H groups in total.